The summed E-state index contributed by atoms with van der Waals surface area (Å²) in [4.78, 5) is 13.6. The highest BCUT2D eigenvalue weighted by Gasteiger charge is 2.55. The normalized spacial score (nSPS) is 23.1. The highest BCUT2D eigenvalue weighted by Crippen LogP contribution is 2.52. The van der Waals surface area contributed by atoms with Crippen LogP contribution in [0.5, 0.6) is 0 Å². The minimum absolute atomic E-state index is 0.0666. The molecule has 1 aromatic carbocycles. The smallest absolute Gasteiger partial charge is 0.317 e. The molecule has 6 heteroatoms. The molecule has 2 N–H and O–H groups in total. The van der Waals surface area contributed by atoms with E-state index in [2.05, 4.69) is 5.32 Å². The van der Waals surface area contributed by atoms with Crippen LogP contribution in [0.25, 0.3) is 0 Å². The molecule has 1 heterocycles. The largest absolute Gasteiger partial charge is 0.391 e. The summed E-state index contributed by atoms with van der Waals surface area (Å²) in [6, 6.07) is 4.11. The van der Waals surface area contributed by atoms with Gasteiger partial charge in [0.15, 0.2) is 0 Å². The van der Waals surface area contributed by atoms with E-state index in [0.717, 1.165) is 12.8 Å². The topological polar surface area (TPSA) is 52.6 Å². The van der Waals surface area contributed by atoms with Gasteiger partial charge in [0.2, 0.25) is 0 Å². The first kappa shape index (κ1) is 13.6. The molecule has 0 aromatic heterocycles. The van der Waals surface area contributed by atoms with Crippen molar-refractivity contribution in [2.45, 2.75) is 25.5 Å². The Morgan fingerprint density at radius 3 is 2.90 bits per heavy atom. The summed E-state index contributed by atoms with van der Waals surface area (Å²) in [5.74, 6) is -0.432. The van der Waals surface area contributed by atoms with Gasteiger partial charge in [-0.1, -0.05) is 17.7 Å². The van der Waals surface area contributed by atoms with Crippen LogP contribution in [0, 0.1) is 11.2 Å². The predicted molar refractivity (Wildman–Crippen MR) is 72.9 cm³/mol. The number of nitrogens with one attached hydrogen (secondary N) is 1. The van der Waals surface area contributed by atoms with E-state index >= 15 is 0 Å². The lowest BCUT2D eigenvalue weighted by Crippen LogP contribution is -2.38. The first-order valence-corrected chi connectivity index (χ1v) is 7.03. The van der Waals surface area contributed by atoms with Gasteiger partial charge in [0.1, 0.15) is 5.82 Å². The summed E-state index contributed by atoms with van der Waals surface area (Å²) in [5.41, 5.74) is 0.326. The van der Waals surface area contributed by atoms with Crippen LogP contribution in [0.1, 0.15) is 18.4 Å². The van der Waals surface area contributed by atoms with E-state index in [1.165, 1.54) is 6.07 Å². The third-order valence-corrected chi connectivity index (χ3v) is 4.47. The number of likely N-dealkylation sites (tertiary alicyclic amines) is 1. The van der Waals surface area contributed by atoms with Crippen LogP contribution in [-0.4, -0.2) is 35.2 Å². The molecule has 0 bridgehead atoms. The van der Waals surface area contributed by atoms with Crippen LogP contribution in [0.15, 0.2) is 18.2 Å². The molecular weight excluding hydrogens is 283 g/mol. The summed E-state index contributed by atoms with van der Waals surface area (Å²) >= 11 is 5.67. The molecule has 3 rings (SSSR count). The average Bonchev–Trinajstić information content (AvgIpc) is 3.09. The van der Waals surface area contributed by atoms with Crippen LogP contribution in [0.4, 0.5) is 9.18 Å². The molecule has 1 atom stereocenters. The number of hydrogen-bond donors (Lipinski definition) is 2. The van der Waals surface area contributed by atoms with Crippen molar-refractivity contribution >= 4 is 17.6 Å². The number of aliphatic hydroxyl groups excluding tert-OH is 1. The Kier molecular flexibility index (Phi) is 3.34. The maximum atomic E-state index is 13.6. The molecular formula is C14H16ClFN2O2. The van der Waals surface area contributed by atoms with Crippen molar-refractivity contribution in [1.29, 1.82) is 0 Å². The Bertz CT molecular complexity index is 548. The van der Waals surface area contributed by atoms with Gasteiger partial charge in [0.25, 0.3) is 0 Å². The second kappa shape index (κ2) is 4.90. The zero-order chi connectivity index (χ0) is 14.3. The van der Waals surface area contributed by atoms with Crippen LogP contribution < -0.4 is 5.32 Å². The molecule has 0 radical (unpaired) electrons. The van der Waals surface area contributed by atoms with E-state index in [1.807, 2.05) is 0 Å². The molecule has 1 aliphatic carbocycles. The third kappa shape index (κ3) is 2.47. The first-order chi connectivity index (χ1) is 9.50. The monoisotopic (exact) mass is 298 g/mol. The van der Waals surface area contributed by atoms with Crippen molar-refractivity contribution in [3.8, 4) is 0 Å². The molecule has 2 aliphatic rings. The summed E-state index contributed by atoms with van der Waals surface area (Å²) in [7, 11) is 0. The van der Waals surface area contributed by atoms with E-state index in [4.69, 9.17) is 11.6 Å². The molecule has 20 heavy (non-hydrogen) atoms. The third-order valence-electron chi connectivity index (χ3n) is 4.23. The van der Waals surface area contributed by atoms with Crippen LogP contribution >= 0.6 is 11.6 Å². The van der Waals surface area contributed by atoms with Gasteiger partial charge in [-0.05, 0) is 25.0 Å². The van der Waals surface area contributed by atoms with Gasteiger partial charge < -0.3 is 15.3 Å². The molecule has 1 saturated carbocycles. The van der Waals surface area contributed by atoms with E-state index in [0.29, 0.717) is 23.7 Å². The fourth-order valence-corrected chi connectivity index (χ4v) is 2.87. The van der Waals surface area contributed by atoms with Crippen molar-refractivity contribution in [3.63, 3.8) is 0 Å². The zero-order valence-corrected chi connectivity index (χ0v) is 11.7. The SMILES string of the molecule is O=C(NCc1ccc(Cl)cc1F)N1CC(O)C2(CC2)C1. The standard InChI is InChI=1S/C14H16ClFN2O2/c15-10-2-1-9(11(16)5-10)6-17-13(20)18-7-12(19)14(8-18)3-4-14/h1-2,5,12,19H,3-4,6-8H2,(H,17,20). The lowest BCUT2D eigenvalue weighted by Gasteiger charge is -2.17. The minimum atomic E-state index is -0.432. The molecule has 1 spiro atoms. The van der Waals surface area contributed by atoms with E-state index in [1.54, 1.807) is 17.0 Å². The van der Waals surface area contributed by atoms with Crippen molar-refractivity contribution in [2.75, 3.05) is 13.1 Å². The summed E-state index contributed by atoms with van der Waals surface area (Å²) in [5, 5.41) is 12.9. The molecule has 1 unspecified atom stereocenters. The maximum absolute atomic E-state index is 13.6. The Morgan fingerprint density at radius 2 is 2.30 bits per heavy atom. The summed E-state index contributed by atoms with van der Waals surface area (Å²) < 4.78 is 13.6. The number of rotatable bonds is 2. The molecule has 4 nitrogen and oxygen atoms in total. The Balaban J connectivity index is 1.57. The Labute approximate surface area is 121 Å². The molecule has 108 valence electrons. The summed E-state index contributed by atoms with van der Waals surface area (Å²) in [6.45, 7) is 1.06. The number of β-amino-alcohol motifs (C(OH)–C–C–N with tert-alkyl or cyclic N) is 1. The molecule has 1 aromatic rings. The zero-order valence-electron chi connectivity index (χ0n) is 10.9. The van der Waals surface area contributed by atoms with E-state index in [9.17, 15) is 14.3 Å². The van der Waals surface area contributed by atoms with Gasteiger partial charge in [-0.25, -0.2) is 9.18 Å². The average molecular weight is 299 g/mol. The van der Waals surface area contributed by atoms with Crippen LogP contribution in [-0.2, 0) is 6.54 Å². The van der Waals surface area contributed by atoms with Crippen molar-refractivity contribution in [1.82, 2.24) is 10.2 Å². The van der Waals surface area contributed by atoms with E-state index in [-0.39, 0.29) is 18.0 Å². The summed E-state index contributed by atoms with van der Waals surface area (Å²) in [6.07, 6.45) is 1.52. The second-order valence-electron chi connectivity index (χ2n) is 5.65. The van der Waals surface area contributed by atoms with Crippen LogP contribution in [0.3, 0.4) is 0 Å². The lowest BCUT2D eigenvalue weighted by atomic mass is 10.0. The van der Waals surface area contributed by atoms with Crippen molar-refractivity contribution < 1.29 is 14.3 Å². The van der Waals surface area contributed by atoms with Gasteiger partial charge in [-0.2, -0.15) is 0 Å². The van der Waals surface area contributed by atoms with Gasteiger partial charge >= 0.3 is 6.03 Å². The number of benzene rings is 1. The van der Waals surface area contributed by atoms with Crippen LogP contribution in [0.2, 0.25) is 5.02 Å². The number of carbonyl (C=O) groups excluding carboxylic acids is 1. The predicted octanol–water partition coefficient (Wildman–Crippen LogP) is 2.15. The molecule has 2 amide bonds. The highest BCUT2D eigenvalue weighted by atomic mass is 35.5. The number of urea groups is 1. The first-order valence-electron chi connectivity index (χ1n) is 6.65. The van der Waals surface area contributed by atoms with Gasteiger partial charge in [0.05, 0.1) is 6.10 Å². The number of halogens is 2. The Morgan fingerprint density at radius 1 is 1.55 bits per heavy atom. The highest BCUT2D eigenvalue weighted by molar-refractivity contribution is 6.30. The number of hydrogen-bond acceptors (Lipinski definition) is 2. The maximum Gasteiger partial charge on any atom is 0.317 e. The minimum Gasteiger partial charge on any atom is -0.391 e. The van der Waals surface area contributed by atoms with E-state index < -0.39 is 11.9 Å². The van der Waals surface area contributed by atoms with Gasteiger partial charge in [-0.15, -0.1) is 0 Å². The van der Waals surface area contributed by atoms with Gasteiger partial charge in [0, 0.05) is 35.6 Å². The molecule has 1 saturated heterocycles. The number of aliphatic hydroxyl groups is 1. The van der Waals surface area contributed by atoms with Crippen molar-refractivity contribution in [2.24, 2.45) is 5.41 Å². The number of amides is 2. The Hall–Kier alpha value is -1.33. The molecule has 1 aliphatic heterocycles. The fraction of sp³-hybridized carbons (Fsp3) is 0.500. The lowest BCUT2D eigenvalue weighted by molar-refractivity contribution is 0.132. The number of nitrogens with zero attached hydrogens (tertiary/aromatic N) is 1. The fourth-order valence-electron chi connectivity index (χ4n) is 2.71. The second-order valence-corrected chi connectivity index (χ2v) is 6.09. The quantitative estimate of drug-likeness (QED) is 0.879. The van der Waals surface area contributed by atoms with Gasteiger partial charge in [-0.3, -0.25) is 0 Å². The molecule has 2 fully saturated rings. The number of carbonyl (C=O) groups is 1. The van der Waals surface area contributed by atoms with Crippen molar-refractivity contribution in [3.05, 3.63) is 34.6 Å².